The number of fused-ring (bicyclic) bond motifs is 4. The number of carboxylic acid groups (broad SMARTS) is 1. The first-order valence-electron chi connectivity index (χ1n) is 9.46. The number of piperidine rings is 1. The Balaban J connectivity index is 1.40. The molecule has 126 valence electrons. The average molecular weight is 323 g/mol. The smallest absolute Gasteiger partial charge is 0.336 e. The third kappa shape index (κ3) is 2.03. The summed E-state index contributed by atoms with van der Waals surface area (Å²) in [5.41, 5.74) is 2.66. The molecule has 3 atom stereocenters. The highest BCUT2D eigenvalue weighted by molar-refractivity contribution is 6.17. The lowest BCUT2D eigenvalue weighted by Gasteiger charge is -2.44. The molecule has 3 aliphatic carbocycles. The van der Waals surface area contributed by atoms with Gasteiger partial charge in [-0.2, -0.15) is 0 Å². The maximum Gasteiger partial charge on any atom is 0.336 e. The highest BCUT2D eigenvalue weighted by Crippen LogP contribution is 2.50. The van der Waals surface area contributed by atoms with Gasteiger partial charge in [-0.05, 0) is 68.2 Å². The number of carbonyl (C=O) groups is 1. The fourth-order valence-corrected chi connectivity index (χ4v) is 6.09. The molecule has 3 heteroatoms. The molecule has 1 aromatic rings. The van der Waals surface area contributed by atoms with Gasteiger partial charge in [-0.25, -0.2) is 4.79 Å². The van der Waals surface area contributed by atoms with Crippen molar-refractivity contribution >= 4 is 11.5 Å². The van der Waals surface area contributed by atoms with E-state index in [9.17, 15) is 9.90 Å². The third-order valence-corrected chi connectivity index (χ3v) is 7.26. The number of hydrogen-bond acceptors (Lipinski definition) is 2. The lowest BCUT2D eigenvalue weighted by atomic mass is 9.74. The first kappa shape index (κ1) is 14.7. The summed E-state index contributed by atoms with van der Waals surface area (Å²) in [5, 5.41) is 9.59. The zero-order chi connectivity index (χ0) is 16.3. The second kappa shape index (κ2) is 5.19. The molecule has 2 bridgehead atoms. The summed E-state index contributed by atoms with van der Waals surface area (Å²) in [6, 6.07) is 8.95. The van der Waals surface area contributed by atoms with Gasteiger partial charge < -0.3 is 10.0 Å². The maximum atomic E-state index is 11.7. The van der Waals surface area contributed by atoms with Crippen molar-refractivity contribution in [1.29, 1.82) is 0 Å². The summed E-state index contributed by atoms with van der Waals surface area (Å²) >= 11 is 0. The molecule has 5 rings (SSSR count). The van der Waals surface area contributed by atoms with Gasteiger partial charge in [0, 0.05) is 11.5 Å². The lowest BCUT2D eigenvalue weighted by molar-refractivity contribution is -0.130. The summed E-state index contributed by atoms with van der Waals surface area (Å²) in [4.78, 5) is 14.4. The maximum absolute atomic E-state index is 11.7. The molecule has 0 aromatic heterocycles. The van der Waals surface area contributed by atoms with Crippen LogP contribution < -0.4 is 0 Å². The third-order valence-electron chi connectivity index (χ3n) is 7.26. The second-order valence-corrected chi connectivity index (χ2v) is 8.34. The van der Waals surface area contributed by atoms with E-state index in [-0.39, 0.29) is 5.41 Å². The number of allylic oxidation sites excluding steroid dienone is 1. The van der Waals surface area contributed by atoms with Crippen LogP contribution in [0.3, 0.4) is 0 Å². The van der Waals surface area contributed by atoms with Gasteiger partial charge in [0.05, 0.1) is 5.57 Å². The zero-order valence-electron chi connectivity index (χ0n) is 14.1. The highest BCUT2D eigenvalue weighted by Gasteiger charge is 2.47. The van der Waals surface area contributed by atoms with Crippen molar-refractivity contribution in [2.24, 2.45) is 11.8 Å². The minimum Gasteiger partial charge on any atom is -0.478 e. The summed E-state index contributed by atoms with van der Waals surface area (Å²) in [7, 11) is 0. The predicted molar refractivity (Wildman–Crippen MR) is 93.8 cm³/mol. The van der Waals surface area contributed by atoms with Gasteiger partial charge in [0.2, 0.25) is 0 Å². The molecule has 0 amide bonds. The number of aliphatic carboxylic acids is 1. The van der Waals surface area contributed by atoms with Crippen molar-refractivity contribution in [2.45, 2.75) is 50.0 Å². The summed E-state index contributed by atoms with van der Waals surface area (Å²) < 4.78 is 0. The van der Waals surface area contributed by atoms with Crippen LogP contribution in [0.5, 0.6) is 0 Å². The molecule has 1 N–H and O–H groups in total. The van der Waals surface area contributed by atoms with Crippen molar-refractivity contribution in [3.63, 3.8) is 0 Å². The van der Waals surface area contributed by atoms with E-state index in [1.54, 1.807) is 0 Å². The Bertz CT molecular complexity index is 714. The summed E-state index contributed by atoms with van der Waals surface area (Å²) in [6.07, 6.45) is 9.95. The second-order valence-electron chi connectivity index (χ2n) is 8.34. The van der Waals surface area contributed by atoms with Crippen molar-refractivity contribution < 1.29 is 9.90 Å². The molecule has 0 radical (unpaired) electrons. The molecule has 3 fully saturated rings. The molecule has 4 aliphatic rings. The SMILES string of the molecule is O=C(O)C1=CC2(CCN(C3C[C@@H]4CC[C@@H]3C4)CC2)c2ccccc21. The minimum absolute atomic E-state index is 0.0432. The molecule has 1 unspecified atom stereocenters. The largest absolute Gasteiger partial charge is 0.478 e. The molecule has 24 heavy (non-hydrogen) atoms. The number of carboxylic acids is 1. The Kier molecular flexibility index (Phi) is 3.18. The summed E-state index contributed by atoms with van der Waals surface area (Å²) in [6.45, 7) is 2.23. The van der Waals surface area contributed by atoms with E-state index in [2.05, 4.69) is 23.1 Å². The molecule has 1 aliphatic heterocycles. The standard InChI is InChI=1S/C21H25NO2/c23-20(24)17-13-21(18-4-2-1-3-16(17)18)7-9-22(10-8-21)19-12-14-5-6-15(19)11-14/h1-4,13-15,19H,5-12H2,(H,23,24)/t14-,15-,19?/m1/s1. The van der Waals surface area contributed by atoms with Crippen molar-refractivity contribution in [3.8, 4) is 0 Å². The monoisotopic (exact) mass is 323 g/mol. The van der Waals surface area contributed by atoms with Crippen LogP contribution in [0.2, 0.25) is 0 Å². The molecule has 2 saturated carbocycles. The van der Waals surface area contributed by atoms with Crippen LogP contribution in [-0.2, 0) is 10.2 Å². The van der Waals surface area contributed by atoms with Gasteiger partial charge in [-0.1, -0.05) is 36.8 Å². The minimum atomic E-state index is -0.783. The van der Waals surface area contributed by atoms with E-state index < -0.39 is 5.97 Å². The molecule has 1 aromatic carbocycles. The van der Waals surface area contributed by atoms with E-state index in [4.69, 9.17) is 0 Å². The van der Waals surface area contributed by atoms with Crippen LogP contribution in [0.1, 0.15) is 49.7 Å². The van der Waals surface area contributed by atoms with Crippen molar-refractivity contribution in [3.05, 3.63) is 41.5 Å². The lowest BCUT2D eigenvalue weighted by Crippen LogP contribution is -2.47. The molecule has 1 spiro atoms. The Hall–Kier alpha value is -1.61. The Morgan fingerprint density at radius 3 is 2.58 bits per heavy atom. The molecular formula is C21H25NO2. The van der Waals surface area contributed by atoms with E-state index in [1.807, 2.05) is 12.1 Å². The average Bonchev–Trinajstić information content (AvgIpc) is 3.30. The molecule has 1 saturated heterocycles. The van der Waals surface area contributed by atoms with Crippen LogP contribution in [0.4, 0.5) is 0 Å². The van der Waals surface area contributed by atoms with E-state index in [1.165, 1.54) is 31.2 Å². The summed E-state index contributed by atoms with van der Waals surface area (Å²) in [5.74, 6) is 1.14. The zero-order valence-corrected chi connectivity index (χ0v) is 14.1. The van der Waals surface area contributed by atoms with E-state index in [0.29, 0.717) is 5.57 Å². The predicted octanol–water partition coefficient (Wildman–Crippen LogP) is 3.69. The number of rotatable bonds is 2. The Morgan fingerprint density at radius 1 is 1.12 bits per heavy atom. The highest BCUT2D eigenvalue weighted by atomic mass is 16.4. The van der Waals surface area contributed by atoms with Gasteiger partial charge in [-0.15, -0.1) is 0 Å². The topological polar surface area (TPSA) is 40.5 Å². The first-order chi connectivity index (χ1) is 11.7. The fraction of sp³-hybridized carbons (Fsp3) is 0.571. The van der Waals surface area contributed by atoms with Crippen LogP contribution >= 0.6 is 0 Å². The van der Waals surface area contributed by atoms with Crippen LogP contribution in [0.25, 0.3) is 5.57 Å². The fourth-order valence-electron chi connectivity index (χ4n) is 6.09. The van der Waals surface area contributed by atoms with Crippen molar-refractivity contribution in [2.75, 3.05) is 13.1 Å². The number of benzene rings is 1. The first-order valence-corrected chi connectivity index (χ1v) is 9.46. The normalized spacial score (nSPS) is 33.7. The molecule has 3 nitrogen and oxygen atoms in total. The van der Waals surface area contributed by atoms with Crippen molar-refractivity contribution in [1.82, 2.24) is 4.90 Å². The van der Waals surface area contributed by atoms with Gasteiger partial charge in [0.25, 0.3) is 0 Å². The Labute approximate surface area is 143 Å². The van der Waals surface area contributed by atoms with Crippen LogP contribution in [-0.4, -0.2) is 35.1 Å². The van der Waals surface area contributed by atoms with E-state index in [0.717, 1.165) is 49.4 Å². The van der Waals surface area contributed by atoms with Gasteiger partial charge in [0.15, 0.2) is 0 Å². The molecule has 1 heterocycles. The van der Waals surface area contributed by atoms with Crippen LogP contribution in [0, 0.1) is 11.8 Å². The number of hydrogen-bond donors (Lipinski definition) is 1. The Morgan fingerprint density at radius 2 is 1.92 bits per heavy atom. The quantitative estimate of drug-likeness (QED) is 0.902. The number of likely N-dealkylation sites (tertiary alicyclic amines) is 1. The van der Waals surface area contributed by atoms with Gasteiger partial charge in [0.1, 0.15) is 0 Å². The van der Waals surface area contributed by atoms with Gasteiger partial charge >= 0.3 is 5.97 Å². The molecular weight excluding hydrogens is 298 g/mol. The van der Waals surface area contributed by atoms with Crippen LogP contribution in [0.15, 0.2) is 30.3 Å². The number of nitrogens with zero attached hydrogens (tertiary/aromatic N) is 1. The van der Waals surface area contributed by atoms with Gasteiger partial charge in [-0.3, -0.25) is 0 Å². The van der Waals surface area contributed by atoms with E-state index >= 15 is 0 Å².